The average molecular weight is 325 g/mol. The largest absolute Gasteiger partial charge is 0.493 e. The molecule has 1 aromatic carbocycles. The molecular weight excluding hydrogens is 302 g/mol. The first-order valence-electron chi connectivity index (χ1n) is 7.33. The molecule has 7 nitrogen and oxygen atoms in total. The fourth-order valence-electron chi connectivity index (χ4n) is 2.17. The fourth-order valence-corrected chi connectivity index (χ4v) is 2.17. The molecule has 0 aliphatic heterocycles. The maximum atomic E-state index is 10.7. The number of aliphatic carboxylic acids is 2. The molecule has 1 rings (SSSR count). The molecule has 0 aliphatic carbocycles. The van der Waals surface area contributed by atoms with Gasteiger partial charge in [0.25, 0.3) is 0 Å². The highest BCUT2D eigenvalue weighted by molar-refractivity contribution is 5.67. The van der Waals surface area contributed by atoms with Gasteiger partial charge >= 0.3 is 11.9 Å². The molecule has 2 N–H and O–H groups in total. The lowest BCUT2D eigenvalue weighted by molar-refractivity contribution is -0.137. The van der Waals surface area contributed by atoms with Gasteiger partial charge in [-0.1, -0.05) is 6.07 Å². The van der Waals surface area contributed by atoms with E-state index < -0.39 is 11.9 Å². The SMILES string of the molecule is COc1ccc(CCN(CCC(=O)O)CCC(=O)O)cc1OC. The molecule has 0 aromatic heterocycles. The van der Waals surface area contributed by atoms with Crippen LogP contribution in [0.4, 0.5) is 0 Å². The minimum absolute atomic E-state index is 0.00838. The summed E-state index contributed by atoms with van der Waals surface area (Å²) < 4.78 is 10.4. The van der Waals surface area contributed by atoms with E-state index in [9.17, 15) is 9.59 Å². The first-order chi connectivity index (χ1) is 11.0. The normalized spacial score (nSPS) is 10.6. The van der Waals surface area contributed by atoms with E-state index >= 15 is 0 Å². The maximum Gasteiger partial charge on any atom is 0.304 e. The van der Waals surface area contributed by atoms with Gasteiger partial charge in [0.2, 0.25) is 0 Å². The molecule has 23 heavy (non-hydrogen) atoms. The lowest BCUT2D eigenvalue weighted by atomic mass is 10.1. The van der Waals surface area contributed by atoms with Crippen molar-refractivity contribution in [2.75, 3.05) is 33.9 Å². The first-order valence-corrected chi connectivity index (χ1v) is 7.33. The number of methoxy groups -OCH3 is 2. The monoisotopic (exact) mass is 325 g/mol. The number of ether oxygens (including phenoxy) is 2. The summed E-state index contributed by atoms with van der Waals surface area (Å²) in [7, 11) is 3.13. The van der Waals surface area contributed by atoms with E-state index in [0.29, 0.717) is 37.6 Å². The molecule has 1 aromatic rings. The molecular formula is C16H23NO6. The van der Waals surface area contributed by atoms with Crippen molar-refractivity contribution in [3.8, 4) is 11.5 Å². The van der Waals surface area contributed by atoms with Crippen LogP contribution in [0.3, 0.4) is 0 Å². The smallest absolute Gasteiger partial charge is 0.304 e. The van der Waals surface area contributed by atoms with Gasteiger partial charge in [-0.25, -0.2) is 0 Å². The van der Waals surface area contributed by atoms with E-state index in [2.05, 4.69) is 0 Å². The van der Waals surface area contributed by atoms with Crippen LogP contribution in [0.1, 0.15) is 18.4 Å². The van der Waals surface area contributed by atoms with Crippen molar-refractivity contribution in [3.63, 3.8) is 0 Å². The Morgan fingerprint density at radius 1 is 0.957 bits per heavy atom. The summed E-state index contributed by atoms with van der Waals surface area (Å²) in [4.78, 5) is 23.2. The van der Waals surface area contributed by atoms with Crippen molar-refractivity contribution in [2.45, 2.75) is 19.3 Å². The molecule has 0 saturated heterocycles. The second-order valence-electron chi connectivity index (χ2n) is 5.07. The summed E-state index contributed by atoms with van der Waals surface area (Å²) in [5.41, 5.74) is 1.01. The van der Waals surface area contributed by atoms with Crippen molar-refractivity contribution in [1.29, 1.82) is 0 Å². The second kappa shape index (κ2) is 9.68. The van der Waals surface area contributed by atoms with Crippen LogP contribution in [0.5, 0.6) is 11.5 Å². The van der Waals surface area contributed by atoms with Crippen molar-refractivity contribution in [3.05, 3.63) is 23.8 Å². The summed E-state index contributed by atoms with van der Waals surface area (Å²) >= 11 is 0. The zero-order valence-electron chi connectivity index (χ0n) is 13.4. The number of hydrogen-bond donors (Lipinski definition) is 2. The van der Waals surface area contributed by atoms with Crippen molar-refractivity contribution < 1.29 is 29.3 Å². The summed E-state index contributed by atoms with van der Waals surface area (Å²) in [5.74, 6) is -0.509. The van der Waals surface area contributed by atoms with E-state index in [1.165, 1.54) is 0 Å². The van der Waals surface area contributed by atoms with E-state index in [1.807, 2.05) is 23.1 Å². The third kappa shape index (κ3) is 7.01. The van der Waals surface area contributed by atoms with Gasteiger partial charge in [-0.3, -0.25) is 9.59 Å². The Hall–Kier alpha value is -2.28. The van der Waals surface area contributed by atoms with Crippen LogP contribution < -0.4 is 9.47 Å². The zero-order valence-corrected chi connectivity index (χ0v) is 13.4. The van der Waals surface area contributed by atoms with Crippen LogP contribution in [0.15, 0.2) is 18.2 Å². The van der Waals surface area contributed by atoms with Gasteiger partial charge in [-0.2, -0.15) is 0 Å². The highest BCUT2D eigenvalue weighted by Crippen LogP contribution is 2.27. The van der Waals surface area contributed by atoms with Crippen LogP contribution in [0.25, 0.3) is 0 Å². The van der Waals surface area contributed by atoms with Crippen molar-refractivity contribution in [1.82, 2.24) is 4.90 Å². The predicted octanol–water partition coefficient (Wildman–Crippen LogP) is 1.50. The highest BCUT2D eigenvalue weighted by Gasteiger charge is 2.11. The Morgan fingerprint density at radius 3 is 2.00 bits per heavy atom. The lowest BCUT2D eigenvalue weighted by Gasteiger charge is -2.21. The van der Waals surface area contributed by atoms with Gasteiger partial charge < -0.3 is 24.6 Å². The van der Waals surface area contributed by atoms with E-state index in [0.717, 1.165) is 5.56 Å². The molecule has 0 amide bonds. The van der Waals surface area contributed by atoms with Gasteiger partial charge in [0, 0.05) is 19.6 Å². The molecule has 0 spiro atoms. The number of carbonyl (C=O) groups is 2. The van der Waals surface area contributed by atoms with Crippen LogP contribution in [-0.4, -0.2) is 60.9 Å². The average Bonchev–Trinajstić information content (AvgIpc) is 2.53. The fraction of sp³-hybridized carbons (Fsp3) is 0.500. The van der Waals surface area contributed by atoms with Gasteiger partial charge in [0.05, 0.1) is 27.1 Å². The third-order valence-corrected chi connectivity index (χ3v) is 3.45. The van der Waals surface area contributed by atoms with E-state index in [-0.39, 0.29) is 12.8 Å². The third-order valence-electron chi connectivity index (χ3n) is 3.45. The number of carboxylic acids is 2. The molecule has 7 heteroatoms. The zero-order chi connectivity index (χ0) is 17.2. The standard InChI is InChI=1S/C16H23NO6/c1-22-13-4-3-12(11-14(13)23-2)5-8-17(9-6-15(18)19)10-7-16(20)21/h3-4,11H,5-10H2,1-2H3,(H,18,19)(H,20,21). The Kier molecular flexibility index (Phi) is 7.90. The number of nitrogens with zero attached hydrogens (tertiary/aromatic N) is 1. The molecule has 128 valence electrons. The van der Waals surface area contributed by atoms with Gasteiger partial charge in [0.1, 0.15) is 0 Å². The number of benzene rings is 1. The summed E-state index contributed by atoms with van der Waals surface area (Å²) in [6.07, 6.45) is 0.650. The number of carboxylic acid groups (broad SMARTS) is 2. The molecule has 0 saturated carbocycles. The summed E-state index contributed by atoms with van der Waals surface area (Å²) in [6, 6.07) is 5.59. The second-order valence-corrected chi connectivity index (χ2v) is 5.07. The number of rotatable bonds is 11. The molecule has 0 bridgehead atoms. The van der Waals surface area contributed by atoms with Crippen molar-refractivity contribution >= 4 is 11.9 Å². The summed E-state index contributed by atoms with van der Waals surface area (Å²) in [5, 5.41) is 17.6. The lowest BCUT2D eigenvalue weighted by Crippen LogP contribution is -2.30. The molecule has 0 unspecified atom stereocenters. The van der Waals surface area contributed by atoms with Crippen LogP contribution in [0.2, 0.25) is 0 Å². The quantitative estimate of drug-likeness (QED) is 0.636. The Labute approximate surface area is 135 Å². The van der Waals surface area contributed by atoms with Gasteiger partial charge in [-0.15, -0.1) is 0 Å². The number of hydrogen-bond acceptors (Lipinski definition) is 5. The Bertz CT molecular complexity index is 513. The first kappa shape index (κ1) is 18.8. The van der Waals surface area contributed by atoms with Crippen LogP contribution >= 0.6 is 0 Å². The van der Waals surface area contributed by atoms with E-state index in [4.69, 9.17) is 19.7 Å². The molecule has 0 atom stereocenters. The summed E-state index contributed by atoms with van der Waals surface area (Å²) in [6.45, 7) is 1.24. The molecule has 0 aliphatic rings. The highest BCUT2D eigenvalue weighted by atomic mass is 16.5. The molecule has 0 fully saturated rings. The Morgan fingerprint density at radius 2 is 1.52 bits per heavy atom. The van der Waals surface area contributed by atoms with Crippen LogP contribution in [0, 0.1) is 0 Å². The topological polar surface area (TPSA) is 96.3 Å². The van der Waals surface area contributed by atoms with Gasteiger partial charge in [-0.05, 0) is 24.1 Å². The predicted molar refractivity (Wildman–Crippen MR) is 84.2 cm³/mol. The Balaban J connectivity index is 2.64. The minimum atomic E-state index is -0.892. The van der Waals surface area contributed by atoms with E-state index in [1.54, 1.807) is 14.2 Å². The molecule has 0 heterocycles. The maximum absolute atomic E-state index is 10.7. The van der Waals surface area contributed by atoms with Crippen LogP contribution in [-0.2, 0) is 16.0 Å². The van der Waals surface area contributed by atoms with Crippen molar-refractivity contribution in [2.24, 2.45) is 0 Å². The molecule has 0 radical (unpaired) electrons. The van der Waals surface area contributed by atoms with Gasteiger partial charge in [0.15, 0.2) is 11.5 Å². The minimum Gasteiger partial charge on any atom is -0.493 e.